The van der Waals surface area contributed by atoms with Crippen LogP contribution in [0.1, 0.15) is 17.4 Å². The van der Waals surface area contributed by atoms with Crippen molar-refractivity contribution in [2.24, 2.45) is 0 Å². The van der Waals surface area contributed by atoms with Crippen LogP contribution in [0.5, 0.6) is 0 Å². The van der Waals surface area contributed by atoms with Crippen LogP contribution in [-0.4, -0.2) is 16.4 Å². The Balaban J connectivity index is 3.19. The molecule has 1 atom stereocenters. The largest absolute Gasteiger partial charge is 0.424 e. The maximum atomic E-state index is 12.7. The molecule has 1 heterocycles. The third-order valence-corrected chi connectivity index (χ3v) is 1.52. The van der Waals surface area contributed by atoms with Gasteiger partial charge in [-0.2, -0.15) is 18.3 Å². The normalized spacial score (nSPS) is 14.1. The van der Waals surface area contributed by atoms with E-state index in [1.165, 1.54) is 6.92 Å². The van der Waals surface area contributed by atoms with E-state index in [0.717, 1.165) is 6.07 Å². The number of aromatic nitrogens is 2. The molecule has 0 aliphatic heterocycles. The topological polar surface area (TPSA) is 45.8 Å². The smallest absolute Gasteiger partial charge is 0.268 e. The number of hydrogen-bond acceptors (Lipinski definition) is 2. The van der Waals surface area contributed by atoms with E-state index in [1.807, 2.05) is 0 Å². The van der Waals surface area contributed by atoms with Gasteiger partial charge in [0.15, 0.2) is 0 Å². The number of nitrogens with one attached hydrogen (secondary N) is 1. The van der Waals surface area contributed by atoms with Gasteiger partial charge in [-0.3, -0.25) is 4.79 Å². The third kappa shape index (κ3) is 2.09. The molecular weight excluding hydrogens is 204 g/mol. The molecule has 0 saturated heterocycles. The van der Waals surface area contributed by atoms with E-state index in [4.69, 9.17) is 0 Å². The zero-order valence-corrected chi connectivity index (χ0v) is 7.02. The first-order valence-electron chi connectivity index (χ1n) is 3.59. The van der Waals surface area contributed by atoms with Crippen LogP contribution in [0.4, 0.5) is 17.6 Å². The summed E-state index contributed by atoms with van der Waals surface area (Å²) in [5.74, 6) is 0. The van der Waals surface area contributed by atoms with E-state index in [1.54, 1.807) is 5.10 Å². The summed E-state index contributed by atoms with van der Waals surface area (Å²) in [5, 5.41) is 5.11. The molecule has 7 heteroatoms. The van der Waals surface area contributed by atoms with Gasteiger partial charge in [-0.1, -0.05) is 0 Å². The second-order valence-electron chi connectivity index (χ2n) is 2.70. The van der Waals surface area contributed by atoms with E-state index in [-0.39, 0.29) is 5.69 Å². The number of rotatable bonds is 1. The lowest BCUT2D eigenvalue weighted by Gasteiger charge is -2.11. The van der Waals surface area contributed by atoms with Crippen LogP contribution in [0.2, 0.25) is 0 Å². The first kappa shape index (κ1) is 10.7. The third-order valence-electron chi connectivity index (χ3n) is 1.52. The molecule has 0 radical (unpaired) electrons. The Labute approximate surface area is 75.8 Å². The van der Waals surface area contributed by atoms with Gasteiger partial charge in [-0.15, -0.1) is 0 Å². The molecule has 1 aromatic heterocycles. The van der Waals surface area contributed by atoms with Crippen LogP contribution in [0, 0.1) is 6.92 Å². The van der Waals surface area contributed by atoms with Crippen molar-refractivity contribution in [2.45, 2.75) is 19.3 Å². The van der Waals surface area contributed by atoms with Gasteiger partial charge in [0.1, 0.15) is 0 Å². The second kappa shape index (κ2) is 3.39. The summed E-state index contributed by atoms with van der Waals surface area (Å²) in [5.41, 5.74) is -2.02. The predicted octanol–water partition coefficient (Wildman–Crippen LogP) is 1.65. The number of alkyl halides is 4. The van der Waals surface area contributed by atoms with Crippen molar-refractivity contribution in [3.63, 3.8) is 0 Å². The van der Waals surface area contributed by atoms with Crippen molar-refractivity contribution in [2.75, 3.05) is 0 Å². The lowest BCUT2D eigenvalue weighted by molar-refractivity contribution is -0.183. The highest BCUT2D eigenvalue weighted by atomic mass is 19.4. The van der Waals surface area contributed by atoms with Gasteiger partial charge in [-0.25, -0.2) is 9.49 Å². The van der Waals surface area contributed by atoms with Crippen LogP contribution < -0.4 is 5.56 Å². The Morgan fingerprint density at radius 2 is 2.07 bits per heavy atom. The van der Waals surface area contributed by atoms with Gasteiger partial charge in [0.2, 0.25) is 6.17 Å². The molecule has 1 unspecified atom stereocenters. The molecule has 1 rings (SSSR count). The Bertz CT molecular complexity index is 384. The molecule has 78 valence electrons. The molecule has 0 fully saturated rings. The molecule has 1 aromatic rings. The van der Waals surface area contributed by atoms with Crippen LogP contribution >= 0.6 is 0 Å². The number of aromatic amines is 1. The summed E-state index contributed by atoms with van der Waals surface area (Å²) >= 11 is 0. The fourth-order valence-electron chi connectivity index (χ4n) is 0.891. The SMILES string of the molecule is Cc1cc(C(F)C(F)(F)F)c(=O)[nH]n1. The Kier molecular flexibility index (Phi) is 2.59. The van der Waals surface area contributed by atoms with Crippen molar-refractivity contribution in [3.8, 4) is 0 Å². The van der Waals surface area contributed by atoms with Gasteiger partial charge in [0.05, 0.1) is 11.3 Å². The van der Waals surface area contributed by atoms with Crippen LogP contribution in [0.15, 0.2) is 10.9 Å². The van der Waals surface area contributed by atoms with Crippen molar-refractivity contribution in [1.82, 2.24) is 10.2 Å². The lowest BCUT2D eigenvalue weighted by Crippen LogP contribution is -2.25. The van der Waals surface area contributed by atoms with Crippen molar-refractivity contribution in [1.29, 1.82) is 0 Å². The molecule has 3 nitrogen and oxygen atoms in total. The van der Waals surface area contributed by atoms with Crippen LogP contribution in [0.25, 0.3) is 0 Å². The van der Waals surface area contributed by atoms with Gasteiger partial charge >= 0.3 is 6.18 Å². The van der Waals surface area contributed by atoms with Crippen molar-refractivity contribution < 1.29 is 17.6 Å². The zero-order chi connectivity index (χ0) is 10.9. The number of H-pyrrole nitrogens is 1. The summed E-state index contributed by atoms with van der Waals surface area (Å²) < 4.78 is 48.4. The summed E-state index contributed by atoms with van der Waals surface area (Å²) in [6.07, 6.45) is -8.34. The first-order valence-corrected chi connectivity index (χ1v) is 3.59. The van der Waals surface area contributed by atoms with Crippen molar-refractivity contribution >= 4 is 0 Å². The van der Waals surface area contributed by atoms with E-state index in [9.17, 15) is 22.4 Å². The van der Waals surface area contributed by atoms with Gasteiger partial charge in [0, 0.05) is 0 Å². The van der Waals surface area contributed by atoms with Gasteiger partial charge in [-0.05, 0) is 13.0 Å². The lowest BCUT2D eigenvalue weighted by atomic mass is 10.1. The van der Waals surface area contributed by atoms with E-state index >= 15 is 0 Å². The van der Waals surface area contributed by atoms with E-state index in [2.05, 4.69) is 5.10 Å². The minimum Gasteiger partial charge on any atom is -0.268 e. The molecule has 0 amide bonds. The number of hydrogen-bond donors (Lipinski definition) is 1. The summed E-state index contributed by atoms with van der Waals surface area (Å²) in [6, 6.07) is 0.775. The van der Waals surface area contributed by atoms with Crippen molar-refractivity contribution in [3.05, 3.63) is 27.7 Å². The maximum absolute atomic E-state index is 12.7. The van der Waals surface area contributed by atoms with Crippen LogP contribution in [0.3, 0.4) is 0 Å². The minimum absolute atomic E-state index is 0.117. The molecule has 0 saturated carbocycles. The molecule has 0 aliphatic carbocycles. The van der Waals surface area contributed by atoms with E-state index < -0.39 is 23.5 Å². The molecular formula is C7H6F4N2O. The number of halogens is 4. The molecule has 0 bridgehead atoms. The van der Waals surface area contributed by atoms with E-state index in [0.29, 0.717) is 0 Å². The average Bonchev–Trinajstić information content (AvgIpc) is 2.06. The summed E-state index contributed by atoms with van der Waals surface area (Å²) in [4.78, 5) is 10.8. The van der Waals surface area contributed by atoms with Gasteiger partial charge < -0.3 is 0 Å². The number of nitrogens with zero attached hydrogens (tertiary/aromatic N) is 1. The van der Waals surface area contributed by atoms with Crippen LogP contribution in [-0.2, 0) is 0 Å². The summed E-state index contributed by atoms with van der Waals surface area (Å²) in [6.45, 7) is 1.35. The minimum atomic E-state index is -5.07. The zero-order valence-electron chi connectivity index (χ0n) is 7.02. The molecule has 1 N–H and O–H groups in total. The fraction of sp³-hybridized carbons (Fsp3) is 0.429. The highest BCUT2D eigenvalue weighted by Crippen LogP contribution is 2.34. The quantitative estimate of drug-likeness (QED) is 0.716. The predicted molar refractivity (Wildman–Crippen MR) is 39.5 cm³/mol. The number of aryl methyl sites for hydroxylation is 1. The Morgan fingerprint density at radius 1 is 1.50 bits per heavy atom. The highest BCUT2D eigenvalue weighted by Gasteiger charge is 2.42. The average molecular weight is 210 g/mol. The molecule has 14 heavy (non-hydrogen) atoms. The molecule has 0 spiro atoms. The van der Waals surface area contributed by atoms with Gasteiger partial charge in [0.25, 0.3) is 5.56 Å². The maximum Gasteiger partial charge on any atom is 0.424 e. The molecule has 0 aromatic carbocycles. The molecule has 0 aliphatic rings. The standard InChI is InChI=1S/C7H6F4N2O/c1-3-2-4(6(14)13-12-3)5(8)7(9,10)11/h2,5H,1H3,(H,13,14). The second-order valence-corrected chi connectivity index (χ2v) is 2.70. The first-order chi connectivity index (χ1) is 6.32. The Morgan fingerprint density at radius 3 is 2.57 bits per heavy atom. The summed E-state index contributed by atoms with van der Waals surface area (Å²) in [7, 11) is 0. The Hall–Kier alpha value is -1.40. The highest BCUT2D eigenvalue weighted by molar-refractivity contribution is 5.16. The monoisotopic (exact) mass is 210 g/mol. The fourth-order valence-corrected chi connectivity index (χ4v) is 0.891.